The van der Waals surface area contributed by atoms with Gasteiger partial charge >= 0.3 is 0 Å². The van der Waals surface area contributed by atoms with Gasteiger partial charge in [-0.15, -0.1) is 12.4 Å². The number of hydrogen-bond acceptors (Lipinski definition) is 3. The molecule has 1 heterocycles. The topological polar surface area (TPSA) is 49.4 Å². The van der Waals surface area contributed by atoms with E-state index in [0.717, 1.165) is 26.1 Å². The highest BCUT2D eigenvalue weighted by atomic mass is 35.5. The summed E-state index contributed by atoms with van der Waals surface area (Å²) in [7, 11) is 1.93. The molecule has 2 rings (SSSR count). The monoisotopic (exact) mass is 344 g/mol. The zero-order valence-corrected chi connectivity index (χ0v) is 14.3. The molecule has 1 amide bonds. The van der Waals surface area contributed by atoms with Crippen molar-refractivity contribution >= 4 is 35.7 Å². The molecule has 1 saturated heterocycles. The van der Waals surface area contributed by atoms with Gasteiger partial charge in [-0.2, -0.15) is 0 Å². The summed E-state index contributed by atoms with van der Waals surface area (Å²) in [6.45, 7) is 2.54. The first-order chi connectivity index (χ1) is 10.1. The fourth-order valence-electron chi connectivity index (χ4n) is 2.67. The molecule has 4 nitrogen and oxygen atoms in total. The van der Waals surface area contributed by atoms with Crippen molar-refractivity contribution in [2.24, 2.45) is 5.92 Å². The Morgan fingerprint density at radius 3 is 2.59 bits per heavy atom. The molecule has 1 aliphatic rings. The minimum absolute atomic E-state index is 0. The summed E-state index contributed by atoms with van der Waals surface area (Å²) in [5.74, 6) is 0.604. The van der Waals surface area contributed by atoms with Gasteiger partial charge in [0.15, 0.2) is 5.78 Å². The van der Waals surface area contributed by atoms with Crippen molar-refractivity contribution in [2.45, 2.75) is 19.3 Å². The number of hydrogen-bond donors (Lipinski definition) is 1. The van der Waals surface area contributed by atoms with Crippen LogP contribution < -0.4 is 5.32 Å². The van der Waals surface area contributed by atoms with E-state index in [0.29, 0.717) is 16.5 Å². The maximum Gasteiger partial charge on any atom is 0.223 e. The SMILES string of the molecule is CNCC1CCN(C(=O)CCC(=O)c2ccc(Cl)cc2)C1.Cl. The zero-order valence-electron chi connectivity index (χ0n) is 12.7. The third-order valence-electron chi connectivity index (χ3n) is 3.86. The maximum absolute atomic E-state index is 12.1. The van der Waals surface area contributed by atoms with Crippen LogP contribution in [0.1, 0.15) is 29.6 Å². The molecule has 1 fully saturated rings. The van der Waals surface area contributed by atoms with E-state index in [2.05, 4.69) is 5.32 Å². The van der Waals surface area contributed by atoms with E-state index >= 15 is 0 Å². The lowest BCUT2D eigenvalue weighted by atomic mass is 10.1. The predicted molar refractivity (Wildman–Crippen MR) is 90.9 cm³/mol. The molecule has 0 radical (unpaired) electrons. The van der Waals surface area contributed by atoms with Crippen LogP contribution in [0.25, 0.3) is 0 Å². The number of nitrogens with one attached hydrogen (secondary N) is 1. The molecular formula is C16H22Cl2N2O2. The van der Waals surface area contributed by atoms with Gasteiger partial charge in [0.05, 0.1) is 0 Å². The molecule has 1 aliphatic heterocycles. The van der Waals surface area contributed by atoms with Crippen molar-refractivity contribution in [1.82, 2.24) is 10.2 Å². The Morgan fingerprint density at radius 1 is 1.27 bits per heavy atom. The zero-order chi connectivity index (χ0) is 15.2. The van der Waals surface area contributed by atoms with Crippen LogP contribution in [-0.4, -0.2) is 43.3 Å². The first kappa shape index (κ1) is 18.9. The molecule has 122 valence electrons. The molecule has 0 aliphatic carbocycles. The Hall–Kier alpha value is -1.10. The number of rotatable bonds is 6. The van der Waals surface area contributed by atoms with E-state index in [1.165, 1.54) is 0 Å². The third-order valence-corrected chi connectivity index (χ3v) is 4.12. The molecule has 0 aromatic heterocycles. The van der Waals surface area contributed by atoms with Crippen molar-refractivity contribution < 1.29 is 9.59 Å². The molecule has 0 saturated carbocycles. The van der Waals surface area contributed by atoms with Crippen LogP contribution in [0, 0.1) is 5.92 Å². The second kappa shape index (κ2) is 9.13. The number of halogens is 2. The van der Waals surface area contributed by atoms with Gasteiger partial charge in [-0.1, -0.05) is 11.6 Å². The quantitative estimate of drug-likeness (QED) is 0.807. The fraction of sp³-hybridized carbons (Fsp3) is 0.500. The number of likely N-dealkylation sites (tertiary alicyclic amines) is 1. The highest BCUT2D eigenvalue weighted by Gasteiger charge is 2.25. The van der Waals surface area contributed by atoms with Crippen LogP contribution in [0.15, 0.2) is 24.3 Å². The number of Topliss-reactive ketones (excluding diaryl/α,β-unsaturated/α-hetero) is 1. The molecule has 6 heteroatoms. The minimum Gasteiger partial charge on any atom is -0.342 e. The van der Waals surface area contributed by atoms with Gasteiger partial charge in [0.2, 0.25) is 5.91 Å². The fourth-order valence-corrected chi connectivity index (χ4v) is 2.80. The number of carbonyl (C=O) groups is 2. The van der Waals surface area contributed by atoms with Gasteiger partial charge < -0.3 is 10.2 Å². The average Bonchev–Trinajstić information content (AvgIpc) is 2.94. The number of carbonyl (C=O) groups excluding carboxylic acids is 2. The van der Waals surface area contributed by atoms with Gasteiger partial charge in [-0.3, -0.25) is 9.59 Å². The average molecular weight is 345 g/mol. The summed E-state index contributed by atoms with van der Waals surface area (Å²) in [5, 5.41) is 3.75. The molecule has 1 aromatic carbocycles. The lowest BCUT2D eigenvalue weighted by Gasteiger charge is -2.16. The van der Waals surface area contributed by atoms with Gasteiger partial charge in [0.1, 0.15) is 0 Å². The van der Waals surface area contributed by atoms with E-state index in [-0.39, 0.29) is 36.9 Å². The maximum atomic E-state index is 12.1. The first-order valence-corrected chi connectivity index (χ1v) is 7.69. The first-order valence-electron chi connectivity index (χ1n) is 7.31. The molecular weight excluding hydrogens is 323 g/mol. The Morgan fingerprint density at radius 2 is 1.95 bits per heavy atom. The van der Waals surface area contributed by atoms with Crippen molar-refractivity contribution in [3.8, 4) is 0 Å². The van der Waals surface area contributed by atoms with E-state index in [9.17, 15) is 9.59 Å². The normalized spacial score (nSPS) is 17.2. The van der Waals surface area contributed by atoms with Crippen molar-refractivity contribution in [3.63, 3.8) is 0 Å². The van der Waals surface area contributed by atoms with Crippen LogP contribution in [0.5, 0.6) is 0 Å². The standard InChI is InChI=1S/C16H21ClN2O2.ClH/c1-18-10-12-8-9-19(11-12)16(21)7-6-15(20)13-2-4-14(17)5-3-13;/h2-5,12,18H,6-11H2,1H3;1H. The van der Waals surface area contributed by atoms with Crippen molar-refractivity contribution in [1.29, 1.82) is 0 Å². The van der Waals surface area contributed by atoms with Crippen LogP contribution in [0.3, 0.4) is 0 Å². The summed E-state index contributed by atoms with van der Waals surface area (Å²) in [6, 6.07) is 6.79. The summed E-state index contributed by atoms with van der Waals surface area (Å²) >= 11 is 5.79. The Kier molecular flexibility index (Phi) is 7.87. The Labute approximate surface area is 142 Å². The van der Waals surface area contributed by atoms with E-state index < -0.39 is 0 Å². The number of amides is 1. The highest BCUT2D eigenvalue weighted by Crippen LogP contribution is 2.17. The Bertz CT molecular complexity index is 505. The molecule has 1 atom stereocenters. The van der Waals surface area contributed by atoms with E-state index in [1.54, 1.807) is 24.3 Å². The van der Waals surface area contributed by atoms with Gasteiger partial charge in [0, 0.05) is 36.5 Å². The largest absolute Gasteiger partial charge is 0.342 e. The van der Waals surface area contributed by atoms with Gasteiger partial charge in [-0.25, -0.2) is 0 Å². The summed E-state index contributed by atoms with van der Waals surface area (Å²) < 4.78 is 0. The molecule has 0 spiro atoms. The molecule has 22 heavy (non-hydrogen) atoms. The van der Waals surface area contributed by atoms with Gasteiger partial charge in [0.25, 0.3) is 0 Å². The lowest BCUT2D eigenvalue weighted by Crippen LogP contribution is -2.30. The number of nitrogens with zero attached hydrogens (tertiary/aromatic N) is 1. The van der Waals surface area contributed by atoms with Crippen LogP contribution in [0.4, 0.5) is 0 Å². The van der Waals surface area contributed by atoms with Crippen molar-refractivity contribution in [2.75, 3.05) is 26.7 Å². The summed E-state index contributed by atoms with van der Waals surface area (Å²) in [6.07, 6.45) is 1.58. The Balaban J connectivity index is 0.00000242. The van der Waals surface area contributed by atoms with Crippen molar-refractivity contribution in [3.05, 3.63) is 34.9 Å². The molecule has 1 N–H and O–H groups in total. The number of ketones is 1. The van der Waals surface area contributed by atoms with Crippen LogP contribution in [0.2, 0.25) is 5.02 Å². The van der Waals surface area contributed by atoms with E-state index in [1.807, 2.05) is 11.9 Å². The molecule has 0 bridgehead atoms. The smallest absolute Gasteiger partial charge is 0.223 e. The van der Waals surface area contributed by atoms with Crippen LogP contribution in [-0.2, 0) is 4.79 Å². The number of benzene rings is 1. The molecule has 1 unspecified atom stereocenters. The van der Waals surface area contributed by atoms with E-state index in [4.69, 9.17) is 11.6 Å². The highest BCUT2D eigenvalue weighted by molar-refractivity contribution is 6.30. The second-order valence-corrected chi connectivity index (χ2v) is 5.92. The molecule has 1 aromatic rings. The summed E-state index contributed by atoms with van der Waals surface area (Å²) in [5.41, 5.74) is 0.613. The third kappa shape index (κ3) is 5.27. The predicted octanol–water partition coefficient (Wildman–Crippen LogP) is 2.79. The van der Waals surface area contributed by atoms with Crippen LogP contribution >= 0.6 is 24.0 Å². The second-order valence-electron chi connectivity index (χ2n) is 5.48. The summed E-state index contributed by atoms with van der Waals surface area (Å²) in [4.78, 5) is 26.0. The van der Waals surface area contributed by atoms with Gasteiger partial charge in [-0.05, 0) is 50.2 Å². The lowest BCUT2D eigenvalue weighted by molar-refractivity contribution is -0.130. The minimum atomic E-state index is -0.00834.